The third-order valence-corrected chi connectivity index (χ3v) is 4.10. The first kappa shape index (κ1) is 16.6. The molecule has 1 aliphatic rings. The smallest absolute Gasteiger partial charge is 0.252 e. The number of aliphatic hydroxyl groups excluding tert-OH is 1. The van der Waals surface area contributed by atoms with Crippen LogP contribution in [0, 0.1) is 0 Å². The summed E-state index contributed by atoms with van der Waals surface area (Å²) in [6.07, 6.45) is 1.86. The molecule has 0 aliphatic carbocycles. The van der Waals surface area contributed by atoms with Crippen LogP contribution < -0.4 is 5.32 Å². The molecule has 1 aliphatic heterocycles. The van der Waals surface area contributed by atoms with Crippen molar-refractivity contribution >= 4 is 5.91 Å². The quantitative estimate of drug-likeness (QED) is 0.751. The van der Waals surface area contributed by atoms with Crippen LogP contribution in [0.2, 0.25) is 0 Å². The first-order valence-electron chi connectivity index (χ1n) is 8.23. The van der Waals surface area contributed by atoms with Gasteiger partial charge in [-0.2, -0.15) is 4.98 Å². The minimum absolute atomic E-state index is 0.0394. The van der Waals surface area contributed by atoms with Gasteiger partial charge in [-0.25, -0.2) is 0 Å². The number of aliphatic hydroxyl groups is 1. The molecule has 2 aromatic rings. The summed E-state index contributed by atoms with van der Waals surface area (Å²) >= 11 is 0. The number of aromatic nitrogens is 2. The van der Waals surface area contributed by atoms with Gasteiger partial charge in [-0.1, -0.05) is 29.4 Å². The standard InChI is InChI=1S/C17H22N4O3/c22-12-17-19-15(20-24-17)7-8-18-16(23)6-3-9-21-10-13-4-1-2-5-14(13)11-21/h1-2,4-5,22H,3,6-12H2,(H,18,23). The number of nitrogens with zero attached hydrogens (tertiary/aromatic N) is 3. The maximum Gasteiger partial charge on any atom is 0.252 e. The number of hydrogen-bond acceptors (Lipinski definition) is 6. The molecule has 1 amide bonds. The molecule has 1 aromatic heterocycles. The van der Waals surface area contributed by atoms with Gasteiger partial charge in [-0.3, -0.25) is 9.69 Å². The summed E-state index contributed by atoms with van der Waals surface area (Å²) in [6.45, 7) is 3.08. The SMILES string of the molecule is O=C(CCCN1Cc2ccccc2C1)NCCc1noc(CO)n1. The van der Waals surface area contributed by atoms with Gasteiger partial charge in [-0.05, 0) is 24.1 Å². The minimum Gasteiger partial charge on any atom is -0.387 e. The first-order chi connectivity index (χ1) is 11.7. The van der Waals surface area contributed by atoms with E-state index in [1.54, 1.807) is 0 Å². The fourth-order valence-corrected chi connectivity index (χ4v) is 2.88. The Morgan fingerprint density at radius 2 is 2.04 bits per heavy atom. The number of benzene rings is 1. The lowest BCUT2D eigenvalue weighted by molar-refractivity contribution is -0.121. The minimum atomic E-state index is -0.264. The summed E-state index contributed by atoms with van der Waals surface area (Å²) in [5, 5.41) is 15.4. The normalized spacial score (nSPS) is 13.9. The molecule has 7 nitrogen and oxygen atoms in total. The van der Waals surface area contributed by atoms with Crippen molar-refractivity contribution in [3.8, 4) is 0 Å². The Morgan fingerprint density at radius 1 is 1.29 bits per heavy atom. The Morgan fingerprint density at radius 3 is 2.71 bits per heavy atom. The predicted octanol–water partition coefficient (Wildman–Crippen LogP) is 1.02. The number of carbonyl (C=O) groups excluding carboxylic acids is 1. The molecule has 0 fully saturated rings. The highest BCUT2D eigenvalue weighted by molar-refractivity contribution is 5.75. The van der Waals surface area contributed by atoms with E-state index in [2.05, 4.69) is 44.6 Å². The third-order valence-electron chi connectivity index (χ3n) is 4.10. The highest BCUT2D eigenvalue weighted by Crippen LogP contribution is 2.22. The van der Waals surface area contributed by atoms with Crippen LogP contribution in [0.15, 0.2) is 28.8 Å². The first-order valence-corrected chi connectivity index (χ1v) is 8.23. The van der Waals surface area contributed by atoms with Gasteiger partial charge in [0.15, 0.2) is 5.82 Å². The average Bonchev–Trinajstić information content (AvgIpc) is 3.20. The highest BCUT2D eigenvalue weighted by Gasteiger charge is 2.17. The molecule has 24 heavy (non-hydrogen) atoms. The van der Waals surface area contributed by atoms with Crippen molar-refractivity contribution in [2.45, 2.75) is 39.0 Å². The Kier molecular flexibility index (Phi) is 5.55. The third kappa shape index (κ3) is 4.39. The molecule has 0 saturated heterocycles. The number of fused-ring (bicyclic) bond motifs is 1. The number of rotatable bonds is 8. The van der Waals surface area contributed by atoms with Gasteiger partial charge in [0.25, 0.3) is 5.89 Å². The van der Waals surface area contributed by atoms with Crippen molar-refractivity contribution in [1.82, 2.24) is 20.4 Å². The van der Waals surface area contributed by atoms with Gasteiger partial charge < -0.3 is 14.9 Å². The Labute approximate surface area is 140 Å². The monoisotopic (exact) mass is 330 g/mol. The summed E-state index contributed by atoms with van der Waals surface area (Å²) in [5.74, 6) is 0.731. The van der Waals surface area contributed by atoms with E-state index in [1.807, 2.05) is 0 Å². The van der Waals surface area contributed by atoms with Crippen LogP contribution >= 0.6 is 0 Å². The van der Waals surface area contributed by atoms with Crippen molar-refractivity contribution < 1.29 is 14.4 Å². The van der Waals surface area contributed by atoms with E-state index in [1.165, 1.54) is 11.1 Å². The van der Waals surface area contributed by atoms with Crippen molar-refractivity contribution in [2.24, 2.45) is 0 Å². The molecule has 1 aromatic carbocycles. The highest BCUT2D eigenvalue weighted by atomic mass is 16.5. The molecule has 128 valence electrons. The Bertz CT molecular complexity index is 661. The molecular weight excluding hydrogens is 308 g/mol. The van der Waals surface area contributed by atoms with E-state index in [4.69, 9.17) is 9.63 Å². The van der Waals surface area contributed by atoms with Crippen molar-refractivity contribution in [1.29, 1.82) is 0 Å². The Balaban J connectivity index is 1.29. The number of nitrogens with one attached hydrogen (secondary N) is 1. The maximum atomic E-state index is 11.9. The lowest BCUT2D eigenvalue weighted by atomic mass is 10.1. The van der Waals surface area contributed by atoms with E-state index in [9.17, 15) is 4.79 Å². The van der Waals surface area contributed by atoms with Gasteiger partial charge in [-0.15, -0.1) is 0 Å². The Hall–Kier alpha value is -2.25. The maximum absolute atomic E-state index is 11.9. The van der Waals surface area contributed by atoms with Crippen LogP contribution in [0.4, 0.5) is 0 Å². The second kappa shape index (κ2) is 8.03. The molecule has 0 spiro atoms. The molecule has 3 rings (SSSR count). The second-order valence-electron chi connectivity index (χ2n) is 5.95. The van der Waals surface area contributed by atoms with Gasteiger partial charge in [0, 0.05) is 32.5 Å². The van der Waals surface area contributed by atoms with Crippen molar-refractivity contribution in [3.63, 3.8) is 0 Å². The van der Waals surface area contributed by atoms with Gasteiger partial charge in [0.1, 0.15) is 6.61 Å². The predicted molar refractivity (Wildman–Crippen MR) is 86.7 cm³/mol. The van der Waals surface area contributed by atoms with E-state index in [0.717, 1.165) is 26.1 Å². The van der Waals surface area contributed by atoms with Crippen molar-refractivity contribution in [3.05, 3.63) is 47.1 Å². The van der Waals surface area contributed by atoms with Gasteiger partial charge >= 0.3 is 0 Å². The van der Waals surface area contributed by atoms with Crippen LogP contribution in [0.3, 0.4) is 0 Å². The molecular formula is C17H22N4O3. The largest absolute Gasteiger partial charge is 0.387 e. The van der Waals surface area contributed by atoms with Gasteiger partial charge in [0.05, 0.1) is 0 Å². The molecule has 0 unspecified atom stereocenters. The van der Waals surface area contributed by atoms with E-state index >= 15 is 0 Å². The van der Waals surface area contributed by atoms with E-state index in [-0.39, 0.29) is 18.4 Å². The summed E-state index contributed by atoms with van der Waals surface area (Å²) in [4.78, 5) is 18.2. The molecule has 0 saturated carbocycles. The lowest BCUT2D eigenvalue weighted by Crippen LogP contribution is -2.27. The molecule has 2 N–H and O–H groups in total. The van der Waals surface area contributed by atoms with Crippen LogP contribution in [-0.4, -0.2) is 39.1 Å². The molecule has 0 radical (unpaired) electrons. The summed E-state index contributed by atoms with van der Waals surface area (Å²) in [6, 6.07) is 8.48. The number of carbonyl (C=O) groups is 1. The van der Waals surface area contributed by atoms with Crippen LogP contribution in [0.25, 0.3) is 0 Å². The number of hydrogen-bond donors (Lipinski definition) is 2. The zero-order valence-corrected chi connectivity index (χ0v) is 13.6. The fraction of sp³-hybridized carbons (Fsp3) is 0.471. The average molecular weight is 330 g/mol. The summed E-state index contributed by atoms with van der Waals surface area (Å²) < 4.78 is 4.79. The summed E-state index contributed by atoms with van der Waals surface area (Å²) in [7, 11) is 0. The van der Waals surface area contributed by atoms with Crippen LogP contribution in [0.1, 0.15) is 35.7 Å². The molecule has 2 heterocycles. The van der Waals surface area contributed by atoms with Crippen LogP contribution in [-0.2, 0) is 30.9 Å². The zero-order chi connectivity index (χ0) is 16.8. The molecule has 0 atom stereocenters. The summed E-state index contributed by atoms with van der Waals surface area (Å²) in [5.41, 5.74) is 2.79. The van der Waals surface area contributed by atoms with Crippen molar-refractivity contribution in [2.75, 3.05) is 13.1 Å². The van der Waals surface area contributed by atoms with E-state index < -0.39 is 0 Å². The molecule has 0 bridgehead atoms. The van der Waals surface area contributed by atoms with Gasteiger partial charge in [0.2, 0.25) is 5.91 Å². The lowest BCUT2D eigenvalue weighted by Gasteiger charge is -2.14. The zero-order valence-electron chi connectivity index (χ0n) is 13.6. The fourth-order valence-electron chi connectivity index (χ4n) is 2.88. The second-order valence-corrected chi connectivity index (χ2v) is 5.95. The topological polar surface area (TPSA) is 91.5 Å². The van der Waals surface area contributed by atoms with Crippen LogP contribution in [0.5, 0.6) is 0 Å². The number of amides is 1. The molecule has 7 heteroatoms. The van der Waals surface area contributed by atoms with E-state index in [0.29, 0.717) is 25.2 Å².